The van der Waals surface area contributed by atoms with Gasteiger partial charge in [0.15, 0.2) is 0 Å². The molecule has 0 aliphatic rings. The average molecular weight is 412 g/mol. The Morgan fingerprint density at radius 3 is 1.23 bits per heavy atom. The Bertz CT molecular complexity index is 878. The molecule has 3 aromatic rings. The molecular weight excluding hydrogens is 398 g/mol. The van der Waals surface area contributed by atoms with Crippen LogP contribution in [0.3, 0.4) is 0 Å². The van der Waals surface area contributed by atoms with Gasteiger partial charge in [-0.25, -0.2) is 9.59 Å². The molecule has 0 aliphatic heterocycles. The third-order valence-electron chi connectivity index (χ3n) is 3.83. The average Bonchev–Trinajstić information content (AvgIpc) is 2.64. The van der Waals surface area contributed by atoms with E-state index in [2.05, 4.69) is 15.9 Å². The van der Waals surface area contributed by atoms with Crippen molar-refractivity contribution in [2.75, 3.05) is 4.90 Å². The van der Waals surface area contributed by atoms with Crippen LogP contribution >= 0.6 is 15.9 Å². The van der Waals surface area contributed by atoms with Crippen LogP contribution < -0.4 is 4.90 Å². The van der Waals surface area contributed by atoms with Crippen LogP contribution in [-0.2, 0) is 0 Å². The smallest absolute Gasteiger partial charge is 0.335 e. The predicted molar refractivity (Wildman–Crippen MR) is 103 cm³/mol. The summed E-state index contributed by atoms with van der Waals surface area (Å²) in [6.07, 6.45) is 0. The van der Waals surface area contributed by atoms with Gasteiger partial charge in [0, 0.05) is 21.5 Å². The van der Waals surface area contributed by atoms with Gasteiger partial charge in [0.25, 0.3) is 0 Å². The van der Waals surface area contributed by atoms with Gasteiger partial charge in [-0.2, -0.15) is 0 Å². The largest absolute Gasteiger partial charge is 0.478 e. The number of halogens is 1. The molecule has 0 saturated carbocycles. The summed E-state index contributed by atoms with van der Waals surface area (Å²) in [7, 11) is 0. The zero-order chi connectivity index (χ0) is 18.7. The van der Waals surface area contributed by atoms with Crippen LogP contribution in [0, 0.1) is 0 Å². The first-order chi connectivity index (χ1) is 12.5. The van der Waals surface area contributed by atoms with Crippen molar-refractivity contribution in [3.8, 4) is 0 Å². The van der Waals surface area contributed by atoms with Crippen molar-refractivity contribution in [1.29, 1.82) is 0 Å². The van der Waals surface area contributed by atoms with E-state index < -0.39 is 11.9 Å². The maximum Gasteiger partial charge on any atom is 0.335 e. The fraction of sp³-hybridized carbons (Fsp3) is 0. The molecule has 26 heavy (non-hydrogen) atoms. The van der Waals surface area contributed by atoms with Crippen molar-refractivity contribution in [1.82, 2.24) is 0 Å². The molecule has 5 nitrogen and oxygen atoms in total. The Morgan fingerprint density at radius 1 is 0.615 bits per heavy atom. The van der Waals surface area contributed by atoms with Gasteiger partial charge >= 0.3 is 11.9 Å². The number of aromatic carboxylic acids is 2. The number of anilines is 3. The lowest BCUT2D eigenvalue weighted by molar-refractivity contribution is 0.0686. The topological polar surface area (TPSA) is 77.8 Å². The van der Waals surface area contributed by atoms with Gasteiger partial charge in [-0.05, 0) is 72.8 Å². The van der Waals surface area contributed by atoms with Gasteiger partial charge in [-0.1, -0.05) is 15.9 Å². The molecule has 130 valence electrons. The van der Waals surface area contributed by atoms with Crippen molar-refractivity contribution in [3.05, 3.63) is 88.4 Å². The Hall–Kier alpha value is -3.12. The number of carbonyl (C=O) groups is 2. The second kappa shape index (κ2) is 7.41. The van der Waals surface area contributed by atoms with Crippen LogP contribution in [0.2, 0.25) is 0 Å². The summed E-state index contributed by atoms with van der Waals surface area (Å²) in [6.45, 7) is 0. The van der Waals surface area contributed by atoms with Crippen molar-refractivity contribution >= 4 is 44.9 Å². The van der Waals surface area contributed by atoms with Crippen LogP contribution in [0.4, 0.5) is 17.1 Å². The Labute approximate surface area is 158 Å². The predicted octanol–water partition coefficient (Wildman–Crippen LogP) is 5.32. The highest BCUT2D eigenvalue weighted by molar-refractivity contribution is 9.10. The highest BCUT2D eigenvalue weighted by atomic mass is 79.9. The lowest BCUT2D eigenvalue weighted by atomic mass is 10.1. The Balaban J connectivity index is 2.08. The molecule has 0 atom stereocenters. The minimum absolute atomic E-state index is 0.200. The van der Waals surface area contributed by atoms with Gasteiger partial charge < -0.3 is 15.1 Å². The van der Waals surface area contributed by atoms with Crippen molar-refractivity contribution in [2.45, 2.75) is 0 Å². The second-order valence-corrected chi connectivity index (χ2v) is 6.43. The van der Waals surface area contributed by atoms with Gasteiger partial charge in [-0.15, -0.1) is 0 Å². The summed E-state index contributed by atoms with van der Waals surface area (Å²) >= 11 is 3.41. The summed E-state index contributed by atoms with van der Waals surface area (Å²) in [5.41, 5.74) is 2.79. The van der Waals surface area contributed by atoms with Gasteiger partial charge in [-0.3, -0.25) is 0 Å². The molecule has 2 N–H and O–H groups in total. The molecule has 0 radical (unpaired) electrons. The summed E-state index contributed by atoms with van der Waals surface area (Å²) in [5, 5.41) is 18.2. The number of carboxylic acid groups (broad SMARTS) is 2. The molecule has 3 rings (SSSR count). The van der Waals surface area contributed by atoms with Gasteiger partial charge in [0.05, 0.1) is 11.1 Å². The zero-order valence-electron chi connectivity index (χ0n) is 13.5. The molecule has 0 heterocycles. The minimum atomic E-state index is -0.988. The quantitative estimate of drug-likeness (QED) is 0.594. The van der Waals surface area contributed by atoms with E-state index in [1.165, 1.54) is 24.3 Å². The normalized spacial score (nSPS) is 10.3. The van der Waals surface area contributed by atoms with Gasteiger partial charge in [0.1, 0.15) is 0 Å². The van der Waals surface area contributed by atoms with E-state index in [0.717, 1.165) is 21.5 Å². The molecule has 0 spiro atoms. The molecule has 0 bridgehead atoms. The second-order valence-electron chi connectivity index (χ2n) is 5.52. The Kier molecular flexibility index (Phi) is 5.04. The molecule has 3 aromatic carbocycles. The number of carboxylic acids is 2. The molecule has 0 aliphatic carbocycles. The Morgan fingerprint density at radius 2 is 0.923 bits per heavy atom. The monoisotopic (exact) mass is 411 g/mol. The SMILES string of the molecule is O=C(O)c1ccc(N(c2ccc(Br)cc2)c2ccc(C(=O)O)cc2)cc1. The maximum absolute atomic E-state index is 11.1. The van der Waals surface area contributed by atoms with E-state index in [4.69, 9.17) is 10.2 Å². The highest BCUT2D eigenvalue weighted by Crippen LogP contribution is 2.35. The van der Waals surface area contributed by atoms with E-state index in [1.807, 2.05) is 29.2 Å². The standard InChI is InChI=1S/C20H14BrNO4/c21-15-5-11-18(12-6-15)22(16-7-1-13(2-8-16)19(23)24)17-9-3-14(4-10-17)20(25)26/h1-12H,(H,23,24)(H,25,26). The number of hydrogen-bond acceptors (Lipinski definition) is 3. The van der Waals surface area contributed by atoms with E-state index in [1.54, 1.807) is 24.3 Å². The van der Waals surface area contributed by atoms with E-state index in [-0.39, 0.29) is 11.1 Å². The summed E-state index contributed by atoms with van der Waals surface area (Å²) in [4.78, 5) is 24.1. The lowest BCUT2D eigenvalue weighted by Crippen LogP contribution is -2.10. The molecule has 6 heteroatoms. The van der Waals surface area contributed by atoms with Crippen LogP contribution in [0.1, 0.15) is 20.7 Å². The van der Waals surface area contributed by atoms with Crippen molar-refractivity contribution in [3.63, 3.8) is 0 Å². The van der Waals surface area contributed by atoms with E-state index in [0.29, 0.717) is 0 Å². The number of rotatable bonds is 5. The number of hydrogen-bond donors (Lipinski definition) is 2. The lowest BCUT2D eigenvalue weighted by Gasteiger charge is -2.25. The van der Waals surface area contributed by atoms with Crippen molar-refractivity contribution in [2.24, 2.45) is 0 Å². The van der Waals surface area contributed by atoms with Crippen LogP contribution in [0.25, 0.3) is 0 Å². The maximum atomic E-state index is 11.1. The molecular formula is C20H14BrNO4. The molecule has 0 saturated heterocycles. The third kappa shape index (κ3) is 3.75. The molecule has 0 aromatic heterocycles. The zero-order valence-corrected chi connectivity index (χ0v) is 15.1. The first-order valence-corrected chi connectivity index (χ1v) is 8.47. The molecule has 0 amide bonds. The number of benzene rings is 3. The van der Waals surface area contributed by atoms with Crippen LogP contribution in [0.5, 0.6) is 0 Å². The minimum Gasteiger partial charge on any atom is -0.478 e. The molecule has 0 unspecified atom stereocenters. The van der Waals surface area contributed by atoms with Crippen molar-refractivity contribution < 1.29 is 19.8 Å². The van der Waals surface area contributed by atoms with E-state index in [9.17, 15) is 9.59 Å². The van der Waals surface area contributed by atoms with Gasteiger partial charge in [0.2, 0.25) is 0 Å². The number of nitrogens with zero attached hydrogens (tertiary/aromatic N) is 1. The highest BCUT2D eigenvalue weighted by Gasteiger charge is 2.14. The van der Waals surface area contributed by atoms with E-state index >= 15 is 0 Å². The third-order valence-corrected chi connectivity index (χ3v) is 4.36. The summed E-state index contributed by atoms with van der Waals surface area (Å²) in [5.74, 6) is -1.98. The fourth-order valence-electron chi connectivity index (χ4n) is 2.54. The van der Waals surface area contributed by atoms with Crippen LogP contribution in [0.15, 0.2) is 77.3 Å². The first kappa shape index (κ1) is 17.7. The summed E-state index contributed by atoms with van der Waals surface area (Å²) < 4.78 is 0.934. The summed E-state index contributed by atoms with van der Waals surface area (Å²) in [6, 6.07) is 20.7. The molecule has 0 fully saturated rings. The fourth-order valence-corrected chi connectivity index (χ4v) is 2.81. The first-order valence-electron chi connectivity index (χ1n) is 7.68. The van der Waals surface area contributed by atoms with Crippen LogP contribution in [-0.4, -0.2) is 22.2 Å².